The van der Waals surface area contributed by atoms with Gasteiger partial charge in [-0.1, -0.05) is 120 Å². The number of rotatable bonds is 12. The van der Waals surface area contributed by atoms with Crippen LogP contribution in [-0.4, -0.2) is 46.2 Å². The highest BCUT2D eigenvalue weighted by Gasteiger charge is 2.49. The molecule has 5 aromatic rings. The molecule has 7 heteroatoms. The third kappa shape index (κ3) is 7.64. The van der Waals surface area contributed by atoms with E-state index >= 15 is 4.79 Å². The van der Waals surface area contributed by atoms with Crippen molar-refractivity contribution in [1.29, 1.82) is 0 Å². The van der Waals surface area contributed by atoms with Gasteiger partial charge in [0.15, 0.2) is 0 Å². The number of piperidine rings is 2. The number of nitrogens with zero attached hydrogens (tertiary/aromatic N) is 2. The summed E-state index contributed by atoms with van der Waals surface area (Å²) in [7, 11) is 0. The van der Waals surface area contributed by atoms with Gasteiger partial charge in [0.2, 0.25) is 5.91 Å². The molecule has 2 unspecified atom stereocenters. The molecule has 1 aliphatic carbocycles. The molecule has 4 N–H and O–H groups in total. The van der Waals surface area contributed by atoms with E-state index in [9.17, 15) is 5.11 Å². The minimum Gasteiger partial charge on any atom is -0.387 e. The second-order valence-electron chi connectivity index (χ2n) is 17.5. The Hall–Kier alpha value is -4.17. The van der Waals surface area contributed by atoms with Gasteiger partial charge in [0, 0.05) is 35.2 Å². The first kappa shape index (κ1) is 39.6. The van der Waals surface area contributed by atoms with Crippen LogP contribution in [0.2, 0.25) is 0 Å². The van der Waals surface area contributed by atoms with Crippen molar-refractivity contribution in [3.05, 3.63) is 120 Å². The van der Waals surface area contributed by atoms with Crippen LogP contribution in [0.3, 0.4) is 0 Å². The fourth-order valence-corrected chi connectivity index (χ4v) is 11.3. The lowest BCUT2D eigenvalue weighted by Crippen LogP contribution is -2.53. The molecule has 1 amide bonds. The summed E-state index contributed by atoms with van der Waals surface area (Å²) in [6.45, 7) is 11.1. The SMILES string of the molecule is CC[C@H]1CN[C@@H]([C@H](NC(=O)C2(c3ccccc3)CCC(c3cccc4c([C@H](O)[C@H]5C[C@H](CC)[C@@H](CC)CN5)ccnc34)C2)c2ccnc3ccccc23)C[C@@H]1CC. The van der Waals surface area contributed by atoms with Crippen molar-refractivity contribution in [2.75, 3.05) is 13.1 Å². The predicted octanol–water partition coefficient (Wildman–Crippen LogP) is 9.71. The number of aromatic nitrogens is 2. The van der Waals surface area contributed by atoms with Gasteiger partial charge in [-0.25, -0.2) is 0 Å². The van der Waals surface area contributed by atoms with Crippen LogP contribution in [0, 0.1) is 23.7 Å². The van der Waals surface area contributed by atoms with Crippen LogP contribution in [0.1, 0.15) is 126 Å². The monoisotopic (exact) mass is 765 g/mol. The molecule has 57 heavy (non-hydrogen) atoms. The van der Waals surface area contributed by atoms with Crippen molar-refractivity contribution < 1.29 is 9.90 Å². The lowest BCUT2D eigenvalue weighted by atomic mass is 9.75. The van der Waals surface area contributed by atoms with Gasteiger partial charge in [-0.3, -0.25) is 14.8 Å². The topological polar surface area (TPSA) is 99.2 Å². The Labute approximate surface area is 339 Å². The van der Waals surface area contributed by atoms with E-state index in [0.29, 0.717) is 30.1 Å². The second-order valence-corrected chi connectivity index (χ2v) is 17.5. The van der Waals surface area contributed by atoms with Crippen molar-refractivity contribution in [1.82, 2.24) is 25.9 Å². The minimum atomic E-state index is -0.714. The van der Waals surface area contributed by atoms with Crippen LogP contribution in [-0.2, 0) is 10.2 Å². The molecular formula is C50H63N5O2. The fourth-order valence-electron chi connectivity index (χ4n) is 11.3. The summed E-state index contributed by atoms with van der Waals surface area (Å²) in [5.74, 6) is 2.74. The van der Waals surface area contributed by atoms with E-state index in [1.165, 1.54) is 5.56 Å². The van der Waals surface area contributed by atoms with E-state index in [4.69, 9.17) is 9.97 Å². The first-order valence-corrected chi connectivity index (χ1v) is 22.1. The lowest BCUT2D eigenvalue weighted by molar-refractivity contribution is -0.127. The van der Waals surface area contributed by atoms with Crippen LogP contribution in [0.15, 0.2) is 97.3 Å². The number of aliphatic hydroxyl groups is 1. The highest BCUT2D eigenvalue weighted by Crippen LogP contribution is 2.51. The Morgan fingerprint density at radius 2 is 1.37 bits per heavy atom. The van der Waals surface area contributed by atoms with E-state index < -0.39 is 11.5 Å². The Morgan fingerprint density at radius 3 is 2.11 bits per heavy atom. The zero-order chi connectivity index (χ0) is 39.5. The lowest BCUT2D eigenvalue weighted by Gasteiger charge is -2.41. The average molecular weight is 766 g/mol. The molecule has 2 aliphatic heterocycles. The van der Waals surface area contributed by atoms with Crippen molar-refractivity contribution >= 4 is 27.7 Å². The molecule has 7 nitrogen and oxygen atoms in total. The number of fused-ring (bicyclic) bond motifs is 2. The Balaban J connectivity index is 1.13. The Morgan fingerprint density at radius 1 is 0.737 bits per heavy atom. The largest absolute Gasteiger partial charge is 0.387 e. The van der Waals surface area contributed by atoms with Crippen molar-refractivity contribution in [3.8, 4) is 0 Å². The molecule has 2 aromatic heterocycles. The minimum absolute atomic E-state index is 0.0116. The van der Waals surface area contributed by atoms with Gasteiger partial charge in [-0.2, -0.15) is 0 Å². The number of hydrogen-bond donors (Lipinski definition) is 4. The quantitative estimate of drug-likeness (QED) is 0.101. The summed E-state index contributed by atoms with van der Waals surface area (Å²) in [5.41, 5.74) is 5.49. The van der Waals surface area contributed by atoms with E-state index in [1.807, 2.05) is 30.6 Å². The highest BCUT2D eigenvalue weighted by atomic mass is 16.3. The predicted molar refractivity (Wildman–Crippen MR) is 232 cm³/mol. The molecule has 3 fully saturated rings. The van der Waals surface area contributed by atoms with Crippen molar-refractivity contribution in [3.63, 3.8) is 0 Å². The number of carbonyl (C=O) groups is 1. The Bertz CT molecular complexity index is 2130. The summed E-state index contributed by atoms with van der Waals surface area (Å²) in [4.78, 5) is 25.2. The molecule has 0 spiro atoms. The average Bonchev–Trinajstić information content (AvgIpc) is 3.74. The number of benzene rings is 3. The van der Waals surface area contributed by atoms with Crippen LogP contribution >= 0.6 is 0 Å². The molecule has 0 radical (unpaired) electrons. The smallest absolute Gasteiger partial charge is 0.231 e. The second kappa shape index (κ2) is 17.4. The number of nitrogens with one attached hydrogen (secondary N) is 3. The van der Waals surface area contributed by atoms with E-state index in [-0.39, 0.29) is 30.0 Å². The maximum Gasteiger partial charge on any atom is 0.231 e. The van der Waals surface area contributed by atoms with Crippen LogP contribution in [0.25, 0.3) is 21.8 Å². The molecule has 3 aliphatic rings. The summed E-state index contributed by atoms with van der Waals surface area (Å²) in [5, 5.41) is 25.4. The van der Waals surface area contributed by atoms with Crippen molar-refractivity contribution in [2.24, 2.45) is 23.7 Å². The van der Waals surface area contributed by atoms with Gasteiger partial charge >= 0.3 is 0 Å². The maximum atomic E-state index is 15.4. The summed E-state index contributed by atoms with van der Waals surface area (Å²) < 4.78 is 0. The van der Waals surface area contributed by atoms with Gasteiger partial charge < -0.3 is 21.1 Å². The number of para-hydroxylation sites is 2. The number of amides is 1. The first-order valence-electron chi connectivity index (χ1n) is 22.1. The number of carbonyl (C=O) groups excluding carboxylic acids is 1. The van der Waals surface area contributed by atoms with E-state index in [1.54, 1.807) is 0 Å². The molecule has 3 aromatic carbocycles. The fraction of sp³-hybridized carbons (Fsp3) is 0.500. The molecule has 2 saturated heterocycles. The molecule has 8 rings (SSSR count). The van der Waals surface area contributed by atoms with Gasteiger partial charge in [-0.05, 0) is 115 Å². The molecule has 4 heterocycles. The third-order valence-corrected chi connectivity index (χ3v) is 14.8. The normalized spacial score (nSPS) is 29.0. The van der Waals surface area contributed by atoms with Crippen LogP contribution in [0.4, 0.5) is 0 Å². The molecule has 10 atom stereocenters. The number of hydrogen-bond acceptors (Lipinski definition) is 6. The summed E-state index contributed by atoms with van der Waals surface area (Å²) in [6.07, 6.45) is 12.0. The van der Waals surface area contributed by atoms with E-state index in [0.717, 1.165) is 103 Å². The van der Waals surface area contributed by atoms with Crippen LogP contribution < -0.4 is 16.0 Å². The van der Waals surface area contributed by atoms with Gasteiger partial charge in [0.1, 0.15) is 0 Å². The zero-order valence-corrected chi connectivity index (χ0v) is 34.5. The highest BCUT2D eigenvalue weighted by molar-refractivity contribution is 5.91. The first-order chi connectivity index (χ1) is 27.9. The van der Waals surface area contributed by atoms with Gasteiger partial charge in [0.25, 0.3) is 0 Å². The Kier molecular flexibility index (Phi) is 12.1. The number of pyridine rings is 2. The van der Waals surface area contributed by atoms with Gasteiger partial charge in [-0.15, -0.1) is 0 Å². The standard InChI is InChI=1S/C50H63N5O2/c1-5-32-27-44(53-30-34(32)7-3)47(41-22-25-51-43-20-13-12-17-39(41)43)55-49(57)50(37-15-10-9-11-16-37)24-21-36(29-50)38-18-14-19-40-42(23-26-52-46(38)40)48(56)45-28-33(6-2)35(8-4)31-54-45/h9-20,22-23,25-26,32-36,44-45,47-48,53-54,56H,5-8,21,24,27-31H2,1-4H3,(H,55,57)/t32-,33-,34-,35-,36?,44+,45+,47+,48-,50?/m0/s1. The van der Waals surface area contributed by atoms with Crippen molar-refractivity contribution in [2.45, 2.75) is 121 Å². The van der Waals surface area contributed by atoms with Crippen LogP contribution in [0.5, 0.6) is 0 Å². The number of aliphatic hydroxyl groups excluding tert-OH is 1. The van der Waals surface area contributed by atoms with Gasteiger partial charge in [0.05, 0.1) is 28.6 Å². The zero-order valence-electron chi connectivity index (χ0n) is 34.5. The molecule has 0 bridgehead atoms. The molecule has 1 saturated carbocycles. The third-order valence-electron chi connectivity index (χ3n) is 14.8. The summed E-state index contributed by atoms with van der Waals surface area (Å²) in [6, 6.07) is 29.3. The molecule has 300 valence electrons. The molecular weight excluding hydrogens is 703 g/mol. The maximum absolute atomic E-state index is 15.4. The summed E-state index contributed by atoms with van der Waals surface area (Å²) >= 11 is 0. The van der Waals surface area contributed by atoms with E-state index in [2.05, 4.69) is 110 Å².